The van der Waals surface area contributed by atoms with Crippen molar-refractivity contribution in [3.05, 3.63) is 138 Å². The molecule has 0 radical (unpaired) electrons. The number of aliphatic hydroxyl groups excluding tert-OH is 1. The van der Waals surface area contributed by atoms with Crippen molar-refractivity contribution in [3.63, 3.8) is 0 Å². The third-order valence-electron chi connectivity index (χ3n) is 8.47. The van der Waals surface area contributed by atoms with Crippen LogP contribution in [0.3, 0.4) is 0 Å². The lowest BCUT2D eigenvalue weighted by Crippen LogP contribution is -2.30. The van der Waals surface area contributed by atoms with Crippen molar-refractivity contribution in [1.82, 2.24) is 9.88 Å². The maximum absolute atomic E-state index is 14.2. The van der Waals surface area contributed by atoms with Crippen molar-refractivity contribution in [2.24, 2.45) is 0 Å². The van der Waals surface area contributed by atoms with E-state index in [9.17, 15) is 23.9 Å². The minimum Gasteiger partial charge on any atom is -0.392 e. The van der Waals surface area contributed by atoms with Gasteiger partial charge in [0, 0.05) is 36.3 Å². The molecule has 0 saturated heterocycles. The summed E-state index contributed by atoms with van der Waals surface area (Å²) >= 11 is 0. The number of rotatable bonds is 14. The highest BCUT2D eigenvalue weighted by molar-refractivity contribution is 6.12. The van der Waals surface area contributed by atoms with E-state index in [-0.39, 0.29) is 61.2 Å². The molecule has 4 aromatic carbocycles. The molecule has 0 aliphatic carbocycles. The number of nitrogens with one attached hydrogen (secondary N) is 2. The predicted octanol–water partition coefficient (Wildman–Crippen LogP) is 8.31. The maximum Gasteiger partial charge on any atom is 0.258 e. The molecule has 7 nitrogen and oxygen atoms in total. The van der Waals surface area contributed by atoms with Crippen LogP contribution >= 0.6 is 0 Å². The molecule has 2 amide bonds. The van der Waals surface area contributed by atoms with Gasteiger partial charge in [-0.1, -0.05) is 92.7 Å². The second-order valence-corrected chi connectivity index (χ2v) is 12.5. The first-order valence-electron chi connectivity index (χ1n) is 16.6. The Morgan fingerprint density at radius 2 is 1.35 bits per heavy atom. The average molecular weight is 660 g/mol. The van der Waals surface area contributed by atoms with E-state index in [2.05, 4.69) is 10.6 Å². The summed E-state index contributed by atoms with van der Waals surface area (Å²) < 4.78 is 16.1. The molecular weight excluding hydrogens is 617 g/mol. The largest absolute Gasteiger partial charge is 0.392 e. The molecule has 8 heteroatoms. The Labute approximate surface area is 286 Å². The number of carbonyl (C=O) groups excluding carboxylic acids is 3. The molecule has 2 atom stereocenters. The number of halogens is 1. The first-order chi connectivity index (χ1) is 23.6. The Morgan fingerprint density at radius 1 is 0.755 bits per heavy atom. The fourth-order valence-electron chi connectivity index (χ4n) is 6.22. The summed E-state index contributed by atoms with van der Waals surface area (Å²) in [6, 6.07) is 34.2. The number of hydrogen-bond donors (Lipinski definition) is 3. The lowest BCUT2D eigenvalue weighted by Gasteiger charge is -2.18. The number of hydrogen-bond acceptors (Lipinski definition) is 4. The Kier molecular flexibility index (Phi) is 11.5. The molecule has 1 unspecified atom stereocenters. The molecule has 5 rings (SSSR count). The smallest absolute Gasteiger partial charge is 0.258 e. The molecule has 49 heavy (non-hydrogen) atoms. The van der Waals surface area contributed by atoms with Crippen LogP contribution in [0.5, 0.6) is 0 Å². The van der Waals surface area contributed by atoms with Crippen molar-refractivity contribution in [2.45, 2.75) is 64.6 Å². The van der Waals surface area contributed by atoms with Crippen molar-refractivity contribution in [3.8, 4) is 22.4 Å². The van der Waals surface area contributed by atoms with Crippen LogP contribution in [-0.4, -0.2) is 33.4 Å². The van der Waals surface area contributed by atoms with E-state index in [4.69, 9.17) is 0 Å². The van der Waals surface area contributed by atoms with Crippen molar-refractivity contribution >= 4 is 23.3 Å². The van der Waals surface area contributed by atoms with E-state index < -0.39 is 6.10 Å². The lowest BCUT2D eigenvalue weighted by molar-refractivity contribution is -0.125. The van der Waals surface area contributed by atoms with Gasteiger partial charge in [0.05, 0.1) is 29.8 Å². The molecule has 0 saturated carbocycles. The molecule has 0 fully saturated rings. The van der Waals surface area contributed by atoms with Crippen LogP contribution in [0.15, 0.2) is 115 Å². The zero-order chi connectivity index (χ0) is 34.9. The van der Waals surface area contributed by atoms with E-state index >= 15 is 0 Å². The molecule has 5 aromatic rings. The summed E-state index contributed by atoms with van der Waals surface area (Å²) in [6.07, 6.45) is -1.49. The number of aliphatic hydroxyl groups is 1. The fraction of sp³-hybridized carbons (Fsp3) is 0.244. The number of amides is 2. The van der Waals surface area contributed by atoms with Crippen LogP contribution in [0.1, 0.15) is 73.6 Å². The molecule has 0 spiro atoms. The molecule has 0 aliphatic rings. The van der Waals surface area contributed by atoms with E-state index in [0.717, 1.165) is 16.8 Å². The van der Waals surface area contributed by atoms with Gasteiger partial charge in [-0.25, -0.2) is 4.39 Å². The van der Waals surface area contributed by atoms with Crippen LogP contribution in [0.2, 0.25) is 0 Å². The summed E-state index contributed by atoms with van der Waals surface area (Å²) in [6.45, 7) is 6.07. The van der Waals surface area contributed by atoms with Gasteiger partial charge in [0.1, 0.15) is 11.6 Å². The van der Waals surface area contributed by atoms with Gasteiger partial charge in [0.2, 0.25) is 5.91 Å². The van der Waals surface area contributed by atoms with Crippen LogP contribution in [0.25, 0.3) is 22.4 Å². The summed E-state index contributed by atoms with van der Waals surface area (Å²) in [4.78, 5) is 40.2. The molecule has 0 aliphatic heterocycles. The Hall–Kier alpha value is -5.34. The molecule has 1 heterocycles. The number of Topliss-reactive ketones (excluding diaryl/α,β-unsaturated/α-hetero) is 1. The number of carbonyl (C=O) groups is 3. The first kappa shape index (κ1) is 35.0. The number of ketones is 1. The van der Waals surface area contributed by atoms with Gasteiger partial charge >= 0.3 is 0 Å². The van der Waals surface area contributed by atoms with E-state index in [1.807, 2.05) is 116 Å². The monoisotopic (exact) mass is 659 g/mol. The molecule has 252 valence electrons. The lowest BCUT2D eigenvalue weighted by atomic mass is 9.94. The maximum atomic E-state index is 14.2. The van der Waals surface area contributed by atoms with Gasteiger partial charge < -0.3 is 20.3 Å². The summed E-state index contributed by atoms with van der Waals surface area (Å²) in [5.74, 6) is -1.39. The number of benzene rings is 4. The highest BCUT2D eigenvalue weighted by Gasteiger charge is 2.31. The molecule has 3 N–H and O–H groups in total. The normalized spacial score (nSPS) is 12.4. The summed E-state index contributed by atoms with van der Waals surface area (Å²) in [5, 5.41) is 16.6. The minimum absolute atomic E-state index is 0.0513. The van der Waals surface area contributed by atoms with E-state index in [1.54, 1.807) is 12.1 Å². The van der Waals surface area contributed by atoms with Gasteiger partial charge in [0.25, 0.3) is 5.91 Å². The summed E-state index contributed by atoms with van der Waals surface area (Å²) in [7, 11) is 0. The van der Waals surface area contributed by atoms with Crippen LogP contribution in [-0.2, 0) is 16.1 Å². The van der Waals surface area contributed by atoms with E-state index in [1.165, 1.54) is 12.1 Å². The number of para-hydroxylation sites is 1. The molecule has 0 bridgehead atoms. The van der Waals surface area contributed by atoms with Gasteiger partial charge in [-0.05, 0) is 65.9 Å². The van der Waals surface area contributed by atoms with Crippen LogP contribution < -0.4 is 10.6 Å². The van der Waals surface area contributed by atoms with Gasteiger partial charge in [0.15, 0.2) is 0 Å². The first-order valence-corrected chi connectivity index (χ1v) is 16.6. The Morgan fingerprint density at radius 3 is 1.96 bits per heavy atom. The van der Waals surface area contributed by atoms with Gasteiger partial charge in [-0.15, -0.1) is 0 Å². The second kappa shape index (κ2) is 16.2. The third kappa shape index (κ3) is 8.77. The van der Waals surface area contributed by atoms with Crippen molar-refractivity contribution < 1.29 is 23.9 Å². The van der Waals surface area contributed by atoms with Gasteiger partial charge in [-0.2, -0.15) is 0 Å². The molecular formula is C41H42FN3O4. The van der Waals surface area contributed by atoms with Crippen LogP contribution in [0, 0.1) is 5.82 Å². The zero-order valence-electron chi connectivity index (χ0n) is 28.0. The highest BCUT2D eigenvalue weighted by Crippen LogP contribution is 2.42. The van der Waals surface area contributed by atoms with Crippen LogP contribution in [0.4, 0.5) is 10.1 Å². The Bertz CT molecular complexity index is 1870. The second-order valence-electron chi connectivity index (χ2n) is 12.5. The number of aromatic nitrogens is 1. The van der Waals surface area contributed by atoms with E-state index in [0.29, 0.717) is 28.1 Å². The third-order valence-corrected chi connectivity index (χ3v) is 8.47. The molecule has 1 aromatic heterocycles. The van der Waals surface area contributed by atoms with Gasteiger partial charge in [-0.3, -0.25) is 14.4 Å². The average Bonchev–Trinajstić information content (AvgIpc) is 3.44. The predicted molar refractivity (Wildman–Crippen MR) is 192 cm³/mol. The minimum atomic E-state index is -1.15. The Balaban J connectivity index is 1.46. The highest BCUT2D eigenvalue weighted by atomic mass is 19.1. The number of anilines is 1. The van der Waals surface area contributed by atoms with Crippen molar-refractivity contribution in [1.29, 1.82) is 0 Å². The fourth-order valence-corrected chi connectivity index (χ4v) is 6.22. The number of nitrogens with zero attached hydrogens (tertiary/aromatic N) is 1. The topological polar surface area (TPSA) is 100 Å². The van der Waals surface area contributed by atoms with Crippen molar-refractivity contribution in [2.75, 3.05) is 5.32 Å². The quantitative estimate of drug-likeness (QED) is 0.112. The zero-order valence-corrected chi connectivity index (χ0v) is 28.0. The SMILES string of the molecule is CC(C)c1c(C(=O)Nc2ccccc2)c(-c2ccccc2)c(-c2ccc(F)cc2)n1CCC(=O)CC(O)CC(=O)N[C@H](C)c1ccccc1. The standard InChI is InChI=1S/C41H42FN3O4/c1-27(2)39-38(41(49)44-33-17-11-6-12-18-33)37(30-15-9-5-10-16-30)40(31-19-21-32(42)22-20-31)45(39)24-23-34(46)25-35(47)26-36(48)43-28(3)29-13-7-4-8-14-29/h4-22,27-28,35,47H,23-26H2,1-3H3,(H,43,48)(H,44,49)/t28-,35?/m1/s1. The summed E-state index contributed by atoms with van der Waals surface area (Å²) in [5.41, 5.74) is 5.66.